The molecule has 0 heterocycles. The van der Waals surface area contributed by atoms with Crippen molar-refractivity contribution in [1.82, 2.24) is 0 Å². The minimum absolute atomic E-state index is 0.119. The third-order valence-electron chi connectivity index (χ3n) is 4.91. The van der Waals surface area contributed by atoms with Gasteiger partial charge in [0.15, 0.2) is 5.78 Å². The largest absolute Gasteiger partial charge is 0.466 e. The maximum absolute atomic E-state index is 12.8. The number of benzene rings is 3. The average Bonchev–Trinajstić information content (AvgIpc) is 2.79. The molecule has 0 spiro atoms. The summed E-state index contributed by atoms with van der Waals surface area (Å²) in [7, 11) is 0. The second-order valence-electron chi connectivity index (χ2n) is 7.28. The van der Waals surface area contributed by atoms with Crippen LogP contribution in [-0.2, 0) is 14.3 Å². The van der Waals surface area contributed by atoms with Gasteiger partial charge in [0.2, 0.25) is 5.91 Å². The van der Waals surface area contributed by atoms with Crippen LogP contribution >= 0.6 is 11.6 Å². The van der Waals surface area contributed by atoms with Crippen molar-refractivity contribution in [3.8, 4) is 11.1 Å². The van der Waals surface area contributed by atoms with Crippen LogP contribution in [0, 0.1) is 5.92 Å². The lowest BCUT2D eigenvalue weighted by molar-refractivity contribution is -0.149. The van der Waals surface area contributed by atoms with E-state index >= 15 is 0 Å². The Balaban J connectivity index is 1.68. The molecule has 32 heavy (non-hydrogen) atoms. The van der Waals surface area contributed by atoms with E-state index in [-0.39, 0.29) is 25.2 Å². The Kier molecular flexibility index (Phi) is 8.17. The molecule has 1 atom stereocenters. The molecule has 1 N–H and O–H groups in total. The van der Waals surface area contributed by atoms with E-state index in [1.54, 1.807) is 43.3 Å². The number of nitrogens with one attached hydrogen (secondary N) is 1. The lowest BCUT2D eigenvalue weighted by Crippen LogP contribution is -2.26. The summed E-state index contributed by atoms with van der Waals surface area (Å²) in [6.07, 6.45) is -0.286. The fourth-order valence-corrected chi connectivity index (χ4v) is 3.51. The molecule has 6 heteroatoms. The molecule has 5 nitrogen and oxygen atoms in total. The molecule has 1 unspecified atom stereocenters. The molecule has 3 rings (SSSR count). The van der Waals surface area contributed by atoms with Crippen molar-refractivity contribution in [2.75, 3.05) is 11.9 Å². The van der Waals surface area contributed by atoms with Crippen LogP contribution in [0.2, 0.25) is 5.02 Å². The van der Waals surface area contributed by atoms with Crippen molar-refractivity contribution in [3.63, 3.8) is 0 Å². The van der Waals surface area contributed by atoms with Crippen LogP contribution < -0.4 is 5.32 Å². The zero-order valence-corrected chi connectivity index (χ0v) is 18.5. The molecule has 0 aliphatic carbocycles. The molecule has 0 fully saturated rings. The van der Waals surface area contributed by atoms with Gasteiger partial charge in [-0.1, -0.05) is 72.3 Å². The van der Waals surface area contributed by atoms with Crippen LogP contribution in [-0.4, -0.2) is 24.3 Å². The number of anilines is 1. The zero-order chi connectivity index (χ0) is 22.9. The quantitative estimate of drug-likeness (QED) is 0.331. The van der Waals surface area contributed by atoms with E-state index in [1.165, 1.54) is 0 Å². The van der Waals surface area contributed by atoms with Crippen LogP contribution in [0.4, 0.5) is 5.69 Å². The Bertz CT molecular complexity index is 1080. The van der Waals surface area contributed by atoms with Crippen molar-refractivity contribution in [1.29, 1.82) is 0 Å². The van der Waals surface area contributed by atoms with Crippen LogP contribution in [0.3, 0.4) is 0 Å². The van der Waals surface area contributed by atoms with Crippen LogP contribution in [0.1, 0.15) is 30.1 Å². The van der Waals surface area contributed by atoms with Crippen molar-refractivity contribution in [2.24, 2.45) is 5.92 Å². The summed E-state index contributed by atoms with van der Waals surface area (Å²) in [4.78, 5) is 37.7. The highest BCUT2D eigenvalue weighted by Crippen LogP contribution is 2.22. The highest BCUT2D eigenvalue weighted by Gasteiger charge is 2.26. The summed E-state index contributed by atoms with van der Waals surface area (Å²) in [6, 6.07) is 23.8. The van der Waals surface area contributed by atoms with Gasteiger partial charge in [-0.15, -0.1) is 0 Å². The van der Waals surface area contributed by atoms with Crippen molar-refractivity contribution in [3.05, 3.63) is 89.4 Å². The van der Waals surface area contributed by atoms with Crippen LogP contribution in [0.25, 0.3) is 11.1 Å². The van der Waals surface area contributed by atoms with Gasteiger partial charge in [-0.3, -0.25) is 14.4 Å². The number of Topliss-reactive ketones (excluding diaryl/α,β-unsaturated/α-hetero) is 1. The molecule has 3 aromatic rings. The van der Waals surface area contributed by atoms with Gasteiger partial charge in [0.1, 0.15) is 0 Å². The number of halogens is 1. The van der Waals surface area contributed by atoms with E-state index in [4.69, 9.17) is 16.3 Å². The highest BCUT2D eigenvalue weighted by atomic mass is 35.5. The number of amides is 1. The number of carbonyl (C=O) groups excluding carboxylic acids is 3. The van der Waals surface area contributed by atoms with Gasteiger partial charge >= 0.3 is 5.97 Å². The lowest BCUT2D eigenvalue weighted by atomic mass is 9.94. The molecule has 0 saturated heterocycles. The molecular formula is C26H24ClNO4. The SMILES string of the molecule is CCOC(=O)C(CC(=O)Nc1cccc(Cl)c1)CC(=O)c1ccc(-c2ccccc2)cc1. The molecule has 0 aliphatic heterocycles. The van der Waals surface area contributed by atoms with E-state index in [2.05, 4.69) is 5.32 Å². The first-order valence-electron chi connectivity index (χ1n) is 10.4. The summed E-state index contributed by atoms with van der Waals surface area (Å²) < 4.78 is 5.10. The van der Waals surface area contributed by atoms with Crippen molar-refractivity contribution in [2.45, 2.75) is 19.8 Å². The molecular weight excluding hydrogens is 426 g/mol. The zero-order valence-electron chi connectivity index (χ0n) is 17.7. The standard InChI is InChI=1S/C26H24ClNO4/c1-2-32-26(31)21(16-25(30)28-23-10-6-9-22(27)17-23)15-24(29)20-13-11-19(12-14-20)18-7-4-3-5-8-18/h3-14,17,21H,2,15-16H2,1H3,(H,28,30). The molecule has 0 saturated carbocycles. The lowest BCUT2D eigenvalue weighted by Gasteiger charge is -2.15. The van der Waals surface area contributed by atoms with Gasteiger partial charge < -0.3 is 10.1 Å². The summed E-state index contributed by atoms with van der Waals surface area (Å²) in [5, 5.41) is 3.19. The fraction of sp³-hybridized carbons (Fsp3) is 0.192. The molecule has 0 radical (unpaired) electrons. The Morgan fingerprint density at radius 2 is 1.56 bits per heavy atom. The molecule has 0 bridgehead atoms. The van der Waals surface area contributed by atoms with E-state index in [0.29, 0.717) is 16.3 Å². The van der Waals surface area contributed by atoms with Crippen LogP contribution in [0.5, 0.6) is 0 Å². The Labute approximate surface area is 192 Å². The third kappa shape index (κ3) is 6.53. The Morgan fingerprint density at radius 3 is 2.22 bits per heavy atom. The van der Waals surface area contributed by atoms with Gasteiger partial charge in [0, 0.05) is 29.1 Å². The van der Waals surface area contributed by atoms with E-state index in [9.17, 15) is 14.4 Å². The number of ketones is 1. The normalized spacial score (nSPS) is 11.4. The van der Waals surface area contributed by atoms with E-state index < -0.39 is 17.8 Å². The third-order valence-corrected chi connectivity index (χ3v) is 5.14. The predicted octanol–water partition coefficient (Wildman–Crippen LogP) is 5.79. The molecule has 0 aliphatic rings. The highest BCUT2D eigenvalue weighted by molar-refractivity contribution is 6.30. The predicted molar refractivity (Wildman–Crippen MR) is 126 cm³/mol. The van der Waals surface area contributed by atoms with Crippen molar-refractivity contribution >= 4 is 34.9 Å². The molecule has 3 aromatic carbocycles. The Morgan fingerprint density at radius 1 is 0.875 bits per heavy atom. The second kappa shape index (κ2) is 11.3. The van der Waals surface area contributed by atoms with Gasteiger partial charge in [0.25, 0.3) is 0 Å². The Hall–Kier alpha value is -3.44. The molecule has 164 valence electrons. The van der Waals surface area contributed by atoms with E-state index in [0.717, 1.165) is 11.1 Å². The maximum Gasteiger partial charge on any atom is 0.309 e. The monoisotopic (exact) mass is 449 g/mol. The minimum atomic E-state index is -0.879. The number of ether oxygens (including phenoxy) is 1. The number of hydrogen-bond donors (Lipinski definition) is 1. The summed E-state index contributed by atoms with van der Waals surface area (Å²) >= 11 is 5.94. The first kappa shape index (κ1) is 23.2. The smallest absolute Gasteiger partial charge is 0.309 e. The van der Waals surface area contributed by atoms with Gasteiger partial charge in [-0.05, 0) is 36.2 Å². The van der Waals surface area contributed by atoms with Crippen molar-refractivity contribution < 1.29 is 19.1 Å². The van der Waals surface area contributed by atoms with Gasteiger partial charge in [-0.2, -0.15) is 0 Å². The minimum Gasteiger partial charge on any atom is -0.466 e. The number of carbonyl (C=O) groups is 3. The average molecular weight is 450 g/mol. The number of rotatable bonds is 9. The van der Waals surface area contributed by atoms with Gasteiger partial charge in [-0.25, -0.2) is 0 Å². The number of esters is 1. The molecule has 1 amide bonds. The first-order chi connectivity index (χ1) is 15.5. The summed E-state index contributed by atoms with van der Waals surface area (Å²) in [5.41, 5.74) is 3.04. The topological polar surface area (TPSA) is 72.5 Å². The van der Waals surface area contributed by atoms with E-state index in [1.807, 2.05) is 42.5 Å². The first-order valence-corrected chi connectivity index (χ1v) is 10.7. The molecule has 0 aromatic heterocycles. The van der Waals surface area contributed by atoms with Crippen LogP contribution in [0.15, 0.2) is 78.9 Å². The number of hydrogen-bond acceptors (Lipinski definition) is 4. The van der Waals surface area contributed by atoms with Gasteiger partial charge in [0.05, 0.1) is 12.5 Å². The fourth-order valence-electron chi connectivity index (χ4n) is 3.32. The second-order valence-corrected chi connectivity index (χ2v) is 7.72. The summed E-state index contributed by atoms with van der Waals surface area (Å²) in [5.74, 6) is -2.06. The maximum atomic E-state index is 12.8. The summed E-state index contributed by atoms with van der Waals surface area (Å²) in [6.45, 7) is 1.86.